The molecule has 0 radical (unpaired) electrons. The van der Waals surface area contributed by atoms with Crippen LogP contribution in [0.15, 0.2) is 24.3 Å². The number of benzene rings is 1. The molecule has 1 unspecified atom stereocenters. The van der Waals surface area contributed by atoms with Crippen LogP contribution < -0.4 is 11.1 Å². The van der Waals surface area contributed by atoms with Gasteiger partial charge in [0.25, 0.3) is 5.91 Å². The molecule has 1 aromatic carbocycles. The van der Waals surface area contributed by atoms with Crippen molar-refractivity contribution in [3.8, 4) is 0 Å². The largest absolute Gasteiger partial charge is 0.345 e. The first-order valence-corrected chi connectivity index (χ1v) is 6.05. The van der Waals surface area contributed by atoms with Gasteiger partial charge in [-0.15, -0.1) is 0 Å². The Morgan fingerprint density at radius 3 is 2.65 bits per heavy atom. The zero-order valence-corrected chi connectivity index (χ0v) is 11.2. The summed E-state index contributed by atoms with van der Waals surface area (Å²) in [6, 6.07) is 6.88. The molecule has 0 aliphatic carbocycles. The van der Waals surface area contributed by atoms with Crippen LogP contribution in [0.5, 0.6) is 0 Å². The van der Waals surface area contributed by atoms with Crippen molar-refractivity contribution in [3.63, 3.8) is 0 Å². The van der Waals surface area contributed by atoms with Crippen LogP contribution in [0.1, 0.15) is 31.1 Å². The molecule has 0 spiro atoms. The van der Waals surface area contributed by atoms with Gasteiger partial charge >= 0.3 is 0 Å². The van der Waals surface area contributed by atoms with Crippen molar-refractivity contribution in [2.75, 3.05) is 6.54 Å². The normalized spacial score (nSPS) is 14.5. The minimum absolute atomic E-state index is 0.144. The third-order valence-electron chi connectivity index (χ3n) is 3.18. The molecule has 4 heteroatoms. The van der Waals surface area contributed by atoms with Crippen molar-refractivity contribution in [2.45, 2.75) is 26.3 Å². The van der Waals surface area contributed by atoms with Crippen molar-refractivity contribution in [3.05, 3.63) is 34.9 Å². The van der Waals surface area contributed by atoms with Gasteiger partial charge in [-0.25, -0.2) is 0 Å². The van der Waals surface area contributed by atoms with Crippen LogP contribution >= 0.6 is 11.6 Å². The summed E-state index contributed by atoms with van der Waals surface area (Å²) in [5, 5.41) is 3.52. The van der Waals surface area contributed by atoms with E-state index in [1.165, 1.54) is 0 Å². The van der Waals surface area contributed by atoms with Crippen LogP contribution in [0.3, 0.4) is 0 Å². The third kappa shape index (κ3) is 3.45. The molecule has 3 nitrogen and oxygen atoms in total. The SMILES string of the molecule is CC(C)C(C)(CN)NC(=O)c1cccc(Cl)c1. The van der Waals surface area contributed by atoms with Crippen LogP contribution in [0.2, 0.25) is 5.02 Å². The maximum absolute atomic E-state index is 12.1. The third-order valence-corrected chi connectivity index (χ3v) is 3.42. The second-order valence-electron chi connectivity index (χ2n) is 4.74. The van der Waals surface area contributed by atoms with Gasteiger partial charge in [0.1, 0.15) is 0 Å². The van der Waals surface area contributed by atoms with Gasteiger partial charge in [-0.1, -0.05) is 31.5 Å². The molecule has 94 valence electrons. The van der Waals surface area contributed by atoms with Gasteiger partial charge < -0.3 is 11.1 Å². The lowest BCUT2D eigenvalue weighted by molar-refractivity contribution is 0.0883. The van der Waals surface area contributed by atoms with E-state index in [-0.39, 0.29) is 11.8 Å². The second kappa shape index (κ2) is 5.52. The maximum Gasteiger partial charge on any atom is 0.251 e. The van der Waals surface area contributed by atoms with Crippen molar-refractivity contribution in [1.82, 2.24) is 5.32 Å². The van der Waals surface area contributed by atoms with E-state index in [9.17, 15) is 4.79 Å². The number of amides is 1. The molecule has 1 atom stereocenters. The van der Waals surface area contributed by atoms with Crippen molar-refractivity contribution < 1.29 is 4.79 Å². The average Bonchev–Trinajstić information content (AvgIpc) is 2.28. The summed E-state index contributed by atoms with van der Waals surface area (Å²) in [6.07, 6.45) is 0. The fourth-order valence-electron chi connectivity index (χ4n) is 1.39. The fraction of sp³-hybridized carbons (Fsp3) is 0.462. The summed E-state index contributed by atoms with van der Waals surface area (Å²) in [7, 11) is 0. The first-order chi connectivity index (χ1) is 7.89. The minimum atomic E-state index is -0.403. The molecular formula is C13H19ClN2O. The number of halogens is 1. The van der Waals surface area contributed by atoms with E-state index in [1.54, 1.807) is 24.3 Å². The molecule has 1 aromatic rings. The molecule has 0 heterocycles. The maximum atomic E-state index is 12.1. The molecule has 0 bridgehead atoms. The van der Waals surface area contributed by atoms with Crippen LogP contribution in [0.4, 0.5) is 0 Å². The molecule has 0 fully saturated rings. The number of nitrogens with one attached hydrogen (secondary N) is 1. The highest BCUT2D eigenvalue weighted by molar-refractivity contribution is 6.30. The first-order valence-electron chi connectivity index (χ1n) is 5.67. The average molecular weight is 255 g/mol. The van der Waals surface area contributed by atoms with Gasteiger partial charge in [0, 0.05) is 17.1 Å². The fourth-order valence-corrected chi connectivity index (χ4v) is 1.58. The molecule has 1 amide bonds. The van der Waals surface area contributed by atoms with Crippen molar-refractivity contribution in [2.24, 2.45) is 11.7 Å². The summed E-state index contributed by atoms with van der Waals surface area (Å²) in [4.78, 5) is 12.1. The van der Waals surface area contributed by atoms with E-state index in [0.717, 1.165) is 0 Å². The molecule has 0 aliphatic rings. The number of rotatable bonds is 4. The van der Waals surface area contributed by atoms with E-state index in [0.29, 0.717) is 17.1 Å². The zero-order valence-electron chi connectivity index (χ0n) is 10.5. The molecule has 0 aliphatic heterocycles. The first kappa shape index (κ1) is 14.0. The van der Waals surface area contributed by atoms with Crippen molar-refractivity contribution in [1.29, 1.82) is 0 Å². The molecule has 0 saturated heterocycles. The highest BCUT2D eigenvalue weighted by atomic mass is 35.5. The van der Waals surface area contributed by atoms with Gasteiger partial charge in [0.05, 0.1) is 5.54 Å². The number of hydrogen-bond donors (Lipinski definition) is 2. The molecular weight excluding hydrogens is 236 g/mol. The topological polar surface area (TPSA) is 55.1 Å². The quantitative estimate of drug-likeness (QED) is 0.867. The summed E-state index contributed by atoms with van der Waals surface area (Å²) < 4.78 is 0. The van der Waals surface area contributed by atoms with E-state index in [2.05, 4.69) is 5.32 Å². The predicted molar refractivity (Wildman–Crippen MR) is 71.2 cm³/mol. The lowest BCUT2D eigenvalue weighted by atomic mass is 9.88. The van der Waals surface area contributed by atoms with Crippen LogP contribution in [-0.2, 0) is 0 Å². The Kier molecular flexibility index (Phi) is 4.54. The lowest BCUT2D eigenvalue weighted by Crippen LogP contribution is -2.55. The van der Waals surface area contributed by atoms with E-state index >= 15 is 0 Å². The minimum Gasteiger partial charge on any atom is -0.345 e. The molecule has 17 heavy (non-hydrogen) atoms. The Morgan fingerprint density at radius 1 is 1.53 bits per heavy atom. The molecule has 0 aromatic heterocycles. The zero-order chi connectivity index (χ0) is 13.1. The summed E-state index contributed by atoms with van der Waals surface area (Å²) in [5.74, 6) is 0.116. The van der Waals surface area contributed by atoms with Gasteiger partial charge in [-0.2, -0.15) is 0 Å². The van der Waals surface area contributed by atoms with Gasteiger partial charge in [-0.05, 0) is 31.0 Å². The standard InChI is InChI=1S/C13H19ClN2O/c1-9(2)13(3,8-15)16-12(17)10-5-4-6-11(14)7-10/h4-7,9H,8,15H2,1-3H3,(H,16,17). The summed E-state index contributed by atoms with van der Waals surface area (Å²) in [6.45, 7) is 6.41. The van der Waals surface area contributed by atoms with Crippen molar-refractivity contribution >= 4 is 17.5 Å². The molecule has 3 N–H and O–H groups in total. The number of nitrogens with two attached hydrogens (primary N) is 1. The van der Waals surface area contributed by atoms with E-state index < -0.39 is 5.54 Å². The number of carbonyl (C=O) groups excluding carboxylic acids is 1. The second-order valence-corrected chi connectivity index (χ2v) is 5.18. The van der Waals surface area contributed by atoms with E-state index in [1.807, 2.05) is 20.8 Å². The Balaban J connectivity index is 2.85. The lowest BCUT2D eigenvalue weighted by Gasteiger charge is -2.33. The van der Waals surface area contributed by atoms with Gasteiger partial charge in [-0.3, -0.25) is 4.79 Å². The molecule has 1 rings (SSSR count). The summed E-state index contributed by atoms with van der Waals surface area (Å²) >= 11 is 5.85. The van der Waals surface area contributed by atoms with Crippen LogP contribution in [-0.4, -0.2) is 18.0 Å². The van der Waals surface area contributed by atoms with Gasteiger partial charge in [0.2, 0.25) is 0 Å². The highest BCUT2D eigenvalue weighted by Crippen LogP contribution is 2.17. The Bertz CT molecular complexity index is 406. The van der Waals surface area contributed by atoms with Gasteiger partial charge in [0.15, 0.2) is 0 Å². The van der Waals surface area contributed by atoms with E-state index in [4.69, 9.17) is 17.3 Å². The molecule has 0 saturated carbocycles. The Morgan fingerprint density at radius 2 is 2.18 bits per heavy atom. The monoisotopic (exact) mass is 254 g/mol. The Hall–Kier alpha value is -1.06. The smallest absolute Gasteiger partial charge is 0.251 e. The number of carbonyl (C=O) groups is 1. The van der Waals surface area contributed by atoms with Crippen LogP contribution in [0, 0.1) is 5.92 Å². The van der Waals surface area contributed by atoms with Crippen LogP contribution in [0.25, 0.3) is 0 Å². The Labute approximate surface area is 107 Å². The number of hydrogen-bond acceptors (Lipinski definition) is 2. The predicted octanol–water partition coefficient (Wildman–Crippen LogP) is 2.44. The summed E-state index contributed by atoms with van der Waals surface area (Å²) in [5.41, 5.74) is 5.87. The highest BCUT2D eigenvalue weighted by Gasteiger charge is 2.28.